The van der Waals surface area contributed by atoms with Gasteiger partial charge in [0, 0.05) is 54.1 Å². The predicted octanol–water partition coefficient (Wildman–Crippen LogP) is 5.02. The minimum absolute atomic E-state index is 0.0121. The number of benzene rings is 1. The van der Waals surface area contributed by atoms with Crippen molar-refractivity contribution in [3.63, 3.8) is 0 Å². The van der Waals surface area contributed by atoms with E-state index >= 15 is 8.78 Å². The first-order chi connectivity index (χ1) is 17.1. The van der Waals surface area contributed by atoms with E-state index in [4.69, 9.17) is 16.3 Å². The number of aromatic nitrogens is 5. The van der Waals surface area contributed by atoms with Gasteiger partial charge in [-0.1, -0.05) is 48.9 Å². The molecule has 0 bridgehead atoms. The number of tetrazole rings is 1. The number of aryl methyl sites for hydroxylation is 1. The van der Waals surface area contributed by atoms with Crippen LogP contribution in [-0.2, 0) is 23.0 Å². The molecule has 1 aromatic carbocycles. The Bertz CT molecular complexity index is 1310. The lowest BCUT2D eigenvalue weighted by Gasteiger charge is -2.47. The van der Waals surface area contributed by atoms with Crippen LogP contribution < -0.4 is 0 Å². The quantitative estimate of drug-likeness (QED) is 0.445. The monoisotopic (exact) mass is 513 g/mol. The van der Waals surface area contributed by atoms with Gasteiger partial charge in [-0.25, -0.2) is 13.5 Å². The van der Waals surface area contributed by atoms with Crippen LogP contribution in [0.1, 0.15) is 31.8 Å². The Morgan fingerprint density at radius 2 is 2.00 bits per heavy atom. The zero-order chi connectivity index (χ0) is 25.7. The van der Waals surface area contributed by atoms with Crippen molar-refractivity contribution in [1.82, 2.24) is 25.2 Å². The molecule has 5 atom stereocenters. The second kappa shape index (κ2) is 9.03. The number of allylic oxidation sites excluding steroid dienone is 1. The predicted molar refractivity (Wildman–Crippen MR) is 130 cm³/mol. The van der Waals surface area contributed by atoms with Gasteiger partial charge in [-0.15, -0.1) is 5.10 Å². The molecule has 1 aliphatic heterocycles. The van der Waals surface area contributed by atoms with E-state index in [1.54, 1.807) is 32.3 Å². The van der Waals surface area contributed by atoms with Gasteiger partial charge in [-0.05, 0) is 41.5 Å². The first-order valence-electron chi connectivity index (χ1n) is 11.8. The Balaban J connectivity index is 1.48. The number of carbonyl (C=O) groups excluding carboxylic acids is 1. The Morgan fingerprint density at radius 3 is 2.67 bits per heavy atom. The number of hydrogen-bond acceptors (Lipinski definition) is 6. The van der Waals surface area contributed by atoms with Crippen molar-refractivity contribution >= 4 is 23.6 Å². The van der Waals surface area contributed by atoms with Crippen LogP contribution in [0.15, 0.2) is 48.7 Å². The van der Waals surface area contributed by atoms with Crippen LogP contribution in [0.2, 0.25) is 5.02 Å². The second-order valence-corrected chi connectivity index (χ2v) is 10.2. The summed E-state index contributed by atoms with van der Waals surface area (Å²) in [4.78, 5) is 17.6. The molecule has 188 valence electrons. The summed E-state index contributed by atoms with van der Waals surface area (Å²) in [6.45, 7) is 3.30. The molecule has 0 spiro atoms. The van der Waals surface area contributed by atoms with Crippen molar-refractivity contribution in [3.8, 4) is 11.1 Å². The molecule has 2 aliphatic rings. The molecule has 36 heavy (non-hydrogen) atoms. The van der Waals surface area contributed by atoms with E-state index in [1.807, 2.05) is 36.4 Å². The standard InChI is InChI=1S/C26H26ClF2N5O2/c1-15-19(11-10-18-9-8-17(13-30-18)20-6-4-5-7-21(20)27)23-16(2)36-24(35)25(23,14-26(15,28)29)12-22-31-32-33-34(22)3/h4-11,13,15-16,19,23H,12,14H2,1-3H3/b11-10+/t15-,16+,19-,23?,25+/m0/s1. The third-order valence-corrected chi connectivity index (χ3v) is 8.02. The Morgan fingerprint density at radius 1 is 1.22 bits per heavy atom. The molecule has 1 unspecified atom stereocenters. The number of fused-ring (bicyclic) bond motifs is 1. The summed E-state index contributed by atoms with van der Waals surface area (Å²) in [6, 6.07) is 11.2. The minimum atomic E-state index is -3.08. The van der Waals surface area contributed by atoms with Gasteiger partial charge >= 0.3 is 5.97 Å². The zero-order valence-corrected chi connectivity index (χ0v) is 20.9. The number of cyclic esters (lactones) is 1. The molecule has 0 N–H and O–H groups in total. The lowest BCUT2D eigenvalue weighted by atomic mass is 9.55. The first kappa shape index (κ1) is 24.5. The molecule has 7 nitrogen and oxygen atoms in total. The van der Waals surface area contributed by atoms with E-state index in [2.05, 4.69) is 20.5 Å². The number of pyridine rings is 1. The fourth-order valence-corrected chi connectivity index (χ4v) is 6.02. The second-order valence-electron chi connectivity index (χ2n) is 9.80. The van der Waals surface area contributed by atoms with Crippen molar-refractivity contribution in [3.05, 3.63) is 65.2 Å². The summed E-state index contributed by atoms with van der Waals surface area (Å²) < 4.78 is 37.9. The zero-order valence-electron chi connectivity index (χ0n) is 20.1. The van der Waals surface area contributed by atoms with E-state index < -0.39 is 47.6 Å². The molecule has 1 saturated carbocycles. The molecule has 10 heteroatoms. The number of ether oxygens (including phenoxy) is 1. The fourth-order valence-electron chi connectivity index (χ4n) is 5.78. The smallest absolute Gasteiger partial charge is 0.313 e. The number of hydrogen-bond donors (Lipinski definition) is 0. The van der Waals surface area contributed by atoms with E-state index in [0.717, 1.165) is 11.1 Å². The number of rotatable bonds is 5. The van der Waals surface area contributed by atoms with Crippen LogP contribution in [0.5, 0.6) is 0 Å². The lowest BCUT2D eigenvalue weighted by molar-refractivity contribution is -0.171. The molecule has 1 saturated heterocycles. The summed E-state index contributed by atoms with van der Waals surface area (Å²) in [7, 11) is 1.63. The van der Waals surface area contributed by atoms with Crippen molar-refractivity contribution < 1.29 is 18.3 Å². The Hall–Kier alpha value is -3.20. The highest BCUT2D eigenvalue weighted by molar-refractivity contribution is 6.33. The molecule has 2 aromatic heterocycles. The van der Waals surface area contributed by atoms with Gasteiger partial charge < -0.3 is 4.74 Å². The number of carbonyl (C=O) groups is 1. The van der Waals surface area contributed by atoms with Crippen molar-refractivity contribution in [1.29, 1.82) is 0 Å². The Labute approximate surface area is 212 Å². The van der Waals surface area contributed by atoms with Crippen molar-refractivity contribution in [2.75, 3.05) is 0 Å². The molecule has 3 aromatic rings. The molecule has 0 radical (unpaired) electrons. The van der Waals surface area contributed by atoms with Gasteiger partial charge in [0.15, 0.2) is 5.82 Å². The SMILES string of the molecule is C[C@H]1OC(=O)[C@]2(Cc3nnnn3C)CC(F)(F)[C@@H](C)[C@H](/C=C/c3ccc(-c4ccccc4Cl)cn3)C12. The molecular formula is C26H26ClF2N5O2. The lowest BCUT2D eigenvalue weighted by Crippen LogP contribution is -2.54. The third kappa shape index (κ3) is 4.09. The summed E-state index contributed by atoms with van der Waals surface area (Å²) in [5, 5.41) is 12.0. The van der Waals surface area contributed by atoms with E-state index in [0.29, 0.717) is 16.5 Å². The largest absolute Gasteiger partial charge is 0.462 e. The van der Waals surface area contributed by atoms with E-state index in [1.165, 1.54) is 11.6 Å². The molecule has 5 rings (SSSR count). The van der Waals surface area contributed by atoms with Gasteiger partial charge in [0.1, 0.15) is 6.10 Å². The average molecular weight is 514 g/mol. The number of esters is 1. The molecule has 1 aliphatic carbocycles. The van der Waals surface area contributed by atoms with Crippen LogP contribution in [0, 0.1) is 23.2 Å². The molecular weight excluding hydrogens is 488 g/mol. The maximum atomic E-state index is 15.4. The highest BCUT2D eigenvalue weighted by Crippen LogP contribution is 2.60. The van der Waals surface area contributed by atoms with Crippen molar-refractivity contribution in [2.45, 2.75) is 38.7 Å². The summed E-state index contributed by atoms with van der Waals surface area (Å²) >= 11 is 6.29. The minimum Gasteiger partial charge on any atom is -0.462 e. The summed E-state index contributed by atoms with van der Waals surface area (Å²) in [5.74, 6) is -5.41. The molecule has 2 fully saturated rings. The topological polar surface area (TPSA) is 82.8 Å². The molecule has 0 amide bonds. The highest BCUT2D eigenvalue weighted by Gasteiger charge is 2.68. The summed E-state index contributed by atoms with van der Waals surface area (Å²) in [6.07, 6.45) is 4.06. The van der Waals surface area contributed by atoms with Crippen LogP contribution in [-0.4, -0.2) is 43.2 Å². The Kier molecular flexibility index (Phi) is 6.14. The van der Waals surface area contributed by atoms with Gasteiger partial charge in [0.25, 0.3) is 5.92 Å². The molecule has 3 heterocycles. The maximum absolute atomic E-state index is 15.4. The highest BCUT2D eigenvalue weighted by atomic mass is 35.5. The number of alkyl halides is 2. The maximum Gasteiger partial charge on any atom is 0.313 e. The summed E-state index contributed by atoms with van der Waals surface area (Å²) in [5.41, 5.74) is 0.915. The van der Waals surface area contributed by atoms with Gasteiger partial charge in [-0.2, -0.15) is 0 Å². The van der Waals surface area contributed by atoms with Crippen LogP contribution in [0.4, 0.5) is 8.78 Å². The number of nitrogens with zero attached hydrogens (tertiary/aromatic N) is 5. The van der Waals surface area contributed by atoms with Gasteiger partial charge in [0.2, 0.25) is 0 Å². The normalized spacial score (nSPS) is 29.3. The van der Waals surface area contributed by atoms with Crippen LogP contribution >= 0.6 is 11.6 Å². The van der Waals surface area contributed by atoms with Gasteiger partial charge in [0.05, 0.1) is 11.1 Å². The van der Waals surface area contributed by atoms with E-state index in [9.17, 15) is 4.79 Å². The van der Waals surface area contributed by atoms with Crippen molar-refractivity contribution in [2.24, 2.45) is 30.2 Å². The van der Waals surface area contributed by atoms with Gasteiger partial charge in [-0.3, -0.25) is 9.78 Å². The van der Waals surface area contributed by atoms with Crippen LogP contribution in [0.3, 0.4) is 0 Å². The van der Waals surface area contributed by atoms with E-state index in [-0.39, 0.29) is 6.42 Å². The fraction of sp³-hybridized carbons (Fsp3) is 0.423. The van der Waals surface area contributed by atoms with Crippen LogP contribution in [0.25, 0.3) is 17.2 Å². The third-order valence-electron chi connectivity index (χ3n) is 7.69. The average Bonchev–Trinajstić information content (AvgIpc) is 3.34. The number of halogens is 3. The first-order valence-corrected chi connectivity index (χ1v) is 12.2.